The largest absolute Gasteiger partial charge is 0.488 e. The number of hydrogen-bond donors (Lipinski definition) is 1. The van der Waals surface area contributed by atoms with E-state index < -0.39 is 17.7 Å². The van der Waals surface area contributed by atoms with Crippen molar-refractivity contribution in [3.05, 3.63) is 75.8 Å². The van der Waals surface area contributed by atoms with Gasteiger partial charge in [-0.05, 0) is 55.3 Å². The molecule has 0 unspecified atom stereocenters. The number of nitrogens with zero attached hydrogens (tertiary/aromatic N) is 1. The monoisotopic (exact) mass is 433 g/mol. The molecule has 2 aromatic carbocycles. The first kappa shape index (κ1) is 21.6. The van der Waals surface area contributed by atoms with E-state index in [9.17, 15) is 18.0 Å². The third kappa shape index (κ3) is 5.27. The van der Waals surface area contributed by atoms with Gasteiger partial charge in [0, 0.05) is 11.6 Å². The van der Waals surface area contributed by atoms with Crippen LogP contribution in [0, 0.1) is 13.8 Å². The van der Waals surface area contributed by atoms with E-state index in [1.54, 1.807) is 25.1 Å². The summed E-state index contributed by atoms with van der Waals surface area (Å²) in [6.45, 7) is 3.87. The molecular weight excluding hydrogens is 415 g/mol. The van der Waals surface area contributed by atoms with Crippen LogP contribution in [0.5, 0.6) is 5.75 Å². The van der Waals surface area contributed by atoms with E-state index in [0.717, 1.165) is 34.2 Å². The fourth-order valence-corrected chi connectivity index (χ4v) is 3.73. The number of hydrogen-bond acceptors (Lipinski definition) is 4. The Bertz CT molecular complexity index is 1100. The molecule has 0 fully saturated rings. The lowest BCUT2D eigenvalue weighted by Crippen LogP contribution is -2.04. The summed E-state index contributed by atoms with van der Waals surface area (Å²) in [5.74, 6) is -0.388. The molecule has 0 spiro atoms. The lowest BCUT2D eigenvalue weighted by atomic mass is 10.1. The van der Waals surface area contributed by atoms with Crippen molar-refractivity contribution in [2.75, 3.05) is 0 Å². The van der Waals surface area contributed by atoms with Gasteiger partial charge < -0.3 is 9.84 Å². The van der Waals surface area contributed by atoms with Gasteiger partial charge in [0.05, 0.1) is 16.1 Å². The summed E-state index contributed by atoms with van der Waals surface area (Å²) in [5, 5.41) is 9.21. The zero-order chi connectivity index (χ0) is 21.9. The molecule has 0 aliphatic carbocycles. The van der Waals surface area contributed by atoms with Crippen molar-refractivity contribution < 1.29 is 27.8 Å². The molecule has 3 aromatic rings. The number of ether oxygens (including phenoxy) is 1. The molecule has 0 aliphatic rings. The Kier molecular flexibility index (Phi) is 6.26. The highest BCUT2D eigenvalue weighted by molar-refractivity contribution is 7.15. The Balaban J connectivity index is 1.75. The van der Waals surface area contributed by atoms with E-state index in [1.807, 2.05) is 13.0 Å². The van der Waals surface area contributed by atoms with Crippen LogP contribution in [0.15, 0.2) is 48.5 Å². The Morgan fingerprint density at radius 1 is 1.20 bits per heavy atom. The second-order valence-electron chi connectivity index (χ2n) is 6.59. The highest BCUT2D eigenvalue weighted by Gasteiger charge is 2.30. The summed E-state index contributed by atoms with van der Waals surface area (Å²) in [5.41, 5.74) is 1.98. The number of rotatable bonds is 6. The molecule has 0 saturated heterocycles. The Morgan fingerprint density at radius 2 is 1.97 bits per heavy atom. The van der Waals surface area contributed by atoms with Crippen molar-refractivity contribution in [2.24, 2.45) is 0 Å². The summed E-state index contributed by atoms with van der Waals surface area (Å²) in [6.07, 6.45) is -1.85. The van der Waals surface area contributed by atoms with Crippen LogP contribution < -0.4 is 4.74 Å². The summed E-state index contributed by atoms with van der Waals surface area (Å²) >= 11 is 1.29. The maximum absolute atomic E-state index is 13.0. The van der Waals surface area contributed by atoms with Gasteiger partial charge in [0.15, 0.2) is 0 Å². The number of halogens is 3. The van der Waals surface area contributed by atoms with Crippen LogP contribution in [0.3, 0.4) is 0 Å². The molecule has 0 amide bonds. The average Bonchev–Trinajstić information content (AvgIpc) is 3.06. The highest BCUT2D eigenvalue weighted by atomic mass is 32.1. The normalized spacial score (nSPS) is 11.8. The Labute approximate surface area is 175 Å². The van der Waals surface area contributed by atoms with Crippen molar-refractivity contribution >= 4 is 23.4 Å². The number of carboxylic acids is 1. The first-order chi connectivity index (χ1) is 14.1. The number of aromatic nitrogens is 1. The SMILES string of the molecule is Cc1cc(/C=C/C(=O)O)ccc1OCc1sc(-c2cccc(C(F)(F)F)c2)nc1C. The molecular formula is C22H18F3NO3S. The van der Waals surface area contributed by atoms with Gasteiger partial charge in [-0.15, -0.1) is 11.3 Å². The fourth-order valence-electron chi connectivity index (χ4n) is 2.76. The second kappa shape index (κ2) is 8.71. The molecule has 3 rings (SSSR count). The lowest BCUT2D eigenvalue weighted by Gasteiger charge is -2.09. The predicted molar refractivity (Wildman–Crippen MR) is 109 cm³/mol. The molecule has 1 heterocycles. The van der Waals surface area contributed by atoms with Crippen LogP contribution in [0.1, 0.15) is 27.3 Å². The number of carboxylic acid groups (broad SMARTS) is 1. The van der Waals surface area contributed by atoms with Gasteiger partial charge in [-0.25, -0.2) is 9.78 Å². The first-order valence-electron chi connectivity index (χ1n) is 8.92. The minimum Gasteiger partial charge on any atom is -0.488 e. The molecule has 0 atom stereocenters. The number of aliphatic carboxylic acids is 1. The van der Waals surface area contributed by atoms with E-state index in [-0.39, 0.29) is 6.61 Å². The van der Waals surface area contributed by atoms with Crippen molar-refractivity contribution in [3.63, 3.8) is 0 Å². The standard InChI is InChI=1S/C22H18F3NO3S/c1-13-10-15(7-9-20(27)28)6-8-18(13)29-12-19-14(2)26-21(30-19)16-4-3-5-17(11-16)22(23,24)25/h3-11H,12H2,1-2H3,(H,27,28)/b9-7+. The molecule has 0 aliphatic heterocycles. The Morgan fingerprint density at radius 3 is 2.63 bits per heavy atom. The number of alkyl halides is 3. The van der Waals surface area contributed by atoms with Crippen LogP contribution in [0.4, 0.5) is 13.2 Å². The van der Waals surface area contributed by atoms with Gasteiger partial charge in [-0.3, -0.25) is 0 Å². The van der Waals surface area contributed by atoms with Gasteiger partial charge in [0.1, 0.15) is 17.4 Å². The molecule has 0 bridgehead atoms. The molecule has 30 heavy (non-hydrogen) atoms. The molecule has 0 saturated carbocycles. The van der Waals surface area contributed by atoms with Gasteiger partial charge in [0.2, 0.25) is 0 Å². The van der Waals surface area contributed by atoms with E-state index in [1.165, 1.54) is 23.5 Å². The second-order valence-corrected chi connectivity index (χ2v) is 7.67. The maximum atomic E-state index is 13.0. The maximum Gasteiger partial charge on any atom is 0.416 e. The number of aryl methyl sites for hydroxylation is 2. The highest BCUT2D eigenvalue weighted by Crippen LogP contribution is 2.34. The molecule has 4 nitrogen and oxygen atoms in total. The minimum atomic E-state index is -4.41. The van der Waals surface area contributed by atoms with Gasteiger partial charge in [0.25, 0.3) is 0 Å². The predicted octanol–water partition coefficient (Wildman–Crippen LogP) is 6.12. The number of benzene rings is 2. The Hall–Kier alpha value is -3.13. The third-order valence-corrected chi connectivity index (χ3v) is 5.49. The lowest BCUT2D eigenvalue weighted by molar-refractivity contribution is -0.137. The third-order valence-electron chi connectivity index (χ3n) is 4.31. The summed E-state index contributed by atoms with van der Waals surface area (Å²) in [4.78, 5) is 15.8. The molecule has 0 radical (unpaired) electrons. The van der Waals surface area contributed by atoms with Gasteiger partial charge >= 0.3 is 12.1 Å². The van der Waals surface area contributed by atoms with Crippen LogP contribution >= 0.6 is 11.3 Å². The quantitative estimate of drug-likeness (QED) is 0.476. The molecule has 156 valence electrons. The van der Waals surface area contributed by atoms with E-state index in [0.29, 0.717) is 22.0 Å². The zero-order valence-corrected chi connectivity index (χ0v) is 17.0. The van der Waals surface area contributed by atoms with E-state index >= 15 is 0 Å². The summed E-state index contributed by atoms with van der Waals surface area (Å²) in [7, 11) is 0. The smallest absolute Gasteiger partial charge is 0.416 e. The van der Waals surface area contributed by atoms with Crippen molar-refractivity contribution in [1.29, 1.82) is 0 Å². The molecule has 1 N–H and O–H groups in total. The minimum absolute atomic E-state index is 0.230. The van der Waals surface area contributed by atoms with Crippen LogP contribution in [-0.2, 0) is 17.6 Å². The van der Waals surface area contributed by atoms with E-state index in [2.05, 4.69) is 4.98 Å². The van der Waals surface area contributed by atoms with Crippen LogP contribution in [0.25, 0.3) is 16.6 Å². The van der Waals surface area contributed by atoms with Crippen LogP contribution in [-0.4, -0.2) is 16.1 Å². The van der Waals surface area contributed by atoms with E-state index in [4.69, 9.17) is 9.84 Å². The number of thiazole rings is 1. The molecule has 8 heteroatoms. The van der Waals surface area contributed by atoms with Gasteiger partial charge in [-0.1, -0.05) is 18.2 Å². The van der Waals surface area contributed by atoms with Crippen molar-refractivity contribution in [3.8, 4) is 16.3 Å². The van der Waals surface area contributed by atoms with Crippen LogP contribution in [0.2, 0.25) is 0 Å². The summed E-state index contributed by atoms with van der Waals surface area (Å²) in [6, 6.07) is 10.4. The van der Waals surface area contributed by atoms with Gasteiger partial charge in [-0.2, -0.15) is 13.2 Å². The first-order valence-corrected chi connectivity index (χ1v) is 9.73. The summed E-state index contributed by atoms with van der Waals surface area (Å²) < 4.78 is 44.7. The van der Waals surface area contributed by atoms with Crippen molar-refractivity contribution in [1.82, 2.24) is 4.98 Å². The number of carbonyl (C=O) groups is 1. The topological polar surface area (TPSA) is 59.4 Å². The zero-order valence-electron chi connectivity index (χ0n) is 16.2. The van der Waals surface area contributed by atoms with Crippen molar-refractivity contribution in [2.45, 2.75) is 26.6 Å². The average molecular weight is 433 g/mol. The fraction of sp³-hybridized carbons (Fsp3) is 0.182. The molecule has 1 aromatic heterocycles.